The predicted octanol–water partition coefficient (Wildman–Crippen LogP) is 0.928. The first-order chi connectivity index (χ1) is 8.66. The smallest absolute Gasteiger partial charge is 0.219 e. The summed E-state index contributed by atoms with van der Waals surface area (Å²) < 4.78 is 0. The van der Waals surface area contributed by atoms with E-state index in [9.17, 15) is 9.59 Å². The van der Waals surface area contributed by atoms with Gasteiger partial charge in [0, 0.05) is 26.4 Å². The van der Waals surface area contributed by atoms with E-state index in [4.69, 9.17) is 5.73 Å². The molecule has 0 aliphatic carbocycles. The highest BCUT2D eigenvalue weighted by Gasteiger charge is 1.99. The molecular formula is C13H27N3O2. The molecule has 2 amide bonds. The average molecular weight is 257 g/mol. The molecule has 0 aliphatic heterocycles. The van der Waals surface area contributed by atoms with Crippen molar-refractivity contribution in [2.45, 2.75) is 51.9 Å². The molecule has 5 nitrogen and oxygen atoms in total. The van der Waals surface area contributed by atoms with Crippen molar-refractivity contribution >= 4 is 11.8 Å². The SMILES string of the molecule is CC(=O)NCCCCCCNC(=O)CCCCN. The van der Waals surface area contributed by atoms with Crippen molar-refractivity contribution in [1.82, 2.24) is 10.6 Å². The molecule has 0 aromatic rings. The second-order valence-corrected chi connectivity index (χ2v) is 4.49. The van der Waals surface area contributed by atoms with Crippen LogP contribution in [0.25, 0.3) is 0 Å². The lowest BCUT2D eigenvalue weighted by Crippen LogP contribution is -2.24. The van der Waals surface area contributed by atoms with Crippen LogP contribution < -0.4 is 16.4 Å². The monoisotopic (exact) mass is 257 g/mol. The second kappa shape index (κ2) is 12.4. The van der Waals surface area contributed by atoms with E-state index in [0.29, 0.717) is 13.0 Å². The molecule has 0 unspecified atom stereocenters. The van der Waals surface area contributed by atoms with Gasteiger partial charge in [-0.3, -0.25) is 9.59 Å². The van der Waals surface area contributed by atoms with Crippen molar-refractivity contribution in [3.63, 3.8) is 0 Å². The summed E-state index contributed by atoms with van der Waals surface area (Å²) in [7, 11) is 0. The molecule has 0 rings (SSSR count). The summed E-state index contributed by atoms with van der Waals surface area (Å²) >= 11 is 0. The maximum atomic E-state index is 11.3. The van der Waals surface area contributed by atoms with E-state index < -0.39 is 0 Å². The standard InChI is InChI=1S/C13H27N3O2/c1-12(17)15-10-6-2-3-7-11-16-13(18)8-4-5-9-14/h2-11,14H2,1H3,(H,15,17)(H,16,18). The Morgan fingerprint density at radius 1 is 0.889 bits per heavy atom. The van der Waals surface area contributed by atoms with Gasteiger partial charge in [0.1, 0.15) is 0 Å². The lowest BCUT2D eigenvalue weighted by atomic mass is 10.2. The molecule has 4 N–H and O–H groups in total. The Morgan fingerprint density at radius 2 is 1.50 bits per heavy atom. The molecule has 0 atom stereocenters. The molecule has 0 bridgehead atoms. The maximum absolute atomic E-state index is 11.3. The zero-order valence-electron chi connectivity index (χ0n) is 11.5. The second-order valence-electron chi connectivity index (χ2n) is 4.49. The van der Waals surface area contributed by atoms with Crippen LogP contribution in [0.4, 0.5) is 0 Å². The fraction of sp³-hybridized carbons (Fsp3) is 0.846. The molecule has 106 valence electrons. The molecule has 18 heavy (non-hydrogen) atoms. The van der Waals surface area contributed by atoms with Crippen molar-refractivity contribution in [1.29, 1.82) is 0 Å². The predicted molar refractivity (Wildman–Crippen MR) is 73.1 cm³/mol. The summed E-state index contributed by atoms with van der Waals surface area (Å²) in [5, 5.41) is 5.67. The molecule has 0 heterocycles. The molecule has 5 heteroatoms. The molecule has 0 saturated heterocycles. The number of unbranched alkanes of at least 4 members (excludes halogenated alkanes) is 4. The molecular weight excluding hydrogens is 230 g/mol. The highest BCUT2D eigenvalue weighted by molar-refractivity contribution is 5.75. The highest BCUT2D eigenvalue weighted by Crippen LogP contribution is 1.98. The normalized spacial score (nSPS) is 10.1. The Hall–Kier alpha value is -1.10. The Morgan fingerprint density at radius 3 is 2.06 bits per heavy atom. The third kappa shape index (κ3) is 13.0. The van der Waals surface area contributed by atoms with Crippen LogP contribution in [0.15, 0.2) is 0 Å². The van der Waals surface area contributed by atoms with Crippen molar-refractivity contribution in [2.24, 2.45) is 5.73 Å². The molecule has 0 aliphatic rings. The van der Waals surface area contributed by atoms with Gasteiger partial charge in [-0.25, -0.2) is 0 Å². The van der Waals surface area contributed by atoms with Gasteiger partial charge >= 0.3 is 0 Å². The van der Waals surface area contributed by atoms with Crippen molar-refractivity contribution in [3.05, 3.63) is 0 Å². The van der Waals surface area contributed by atoms with Crippen LogP contribution in [0.1, 0.15) is 51.9 Å². The highest BCUT2D eigenvalue weighted by atomic mass is 16.2. The van der Waals surface area contributed by atoms with Gasteiger partial charge < -0.3 is 16.4 Å². The summed E-state index contributed by atoms with van der Waals surface area (Å²) in [6, 6.07) is 0. The minimum atomic E-state index is 0.0275. The van der Waals surface area contributed by atoms with Gasteiger partial charge in [0.25, 0.3) is 0 Å². The fourth-order valence-corrected chi connectivity index (χ4v) is 1.61. The number of amides is 2. The third-order valence-electron chi connectivity index (χ3n) is 2.66. The third-order valence-corrected chi connectivity index (χ3v) is 2.66. The van der Waals surface area contributed by atoms with Gasteiger partial charge in [-0.15, -0.1) is 0 Å². The lowest BCUT2D eigenvalue weighted by Gasteiger charge is -2.05. The van der Waals surface area contributed by atoms with Gasteiger partial charge in [0.15, 0.2) is 0 Å². The summed E-state index contributed by atoms with van der Waals surface area (Å²) in [5.41, 5.74) is 5.36. The zero-order chi connectivity index (χ0) is 13.6. The number of hydrogen-bond acceptors (Lipinski definition) is 3. The molecule has 0 aromatic carbocycles. The number of nitrogens with one attached hydrogen (secondary N) is 2. The molecule has 0 aromatic heterocycles. The van der Waals surface area contributed by atoms with Crippen molar-refractivity contribution in [2.75, 3.05) is 19.6 Å². The van der Waals surface area contributed by atoms with E-state index in [2.05, 4.69) is 10.6 Å². The topological polar surface area (TPSA) is 84.2 Å². The van der Waals surface area contributed by atoms with Crippen LogP contribution in [-0.2, 0) is 9.59 Å². The molecule has 0 radical (unpaired) electrons. The van der Waals surface area contributed by atoms with Crippen LogP contribution >= 0.6 is 0 Å². The van der Waals surface area contributed by atoms with Crippen LogP contribution in [-0.4, -0.2) is 31.4 Å². The van der Waals surface area contributed by atoms with Gasteiger partial charge in [-0.05, 0) is 32.2 Å². The Balaban J connectivity index is 3.15. The minimum Gasteiger partial charge on any atom is -0.356 e. The van der Waals surface area contributed by atoms with E-state index in [1.165, 1.54) is 6.92 Å². The number of nitrogens with two attached hydrogens (primary N) is 1. The number of carbonyl (C=O) groups is 2. The largest absolute Gasteiger partial charge is 0.356 e. The quantitative estimate of drug-likeness (QED) is 0.481. The minimum absolute atomic E-state index is 0.0275. The van der Waals surface area contributed by atoms with Gasteiger partial charge in [0.05, 0.1) is 0 Å². The summed E-state index contributed by atoms with van der Waals surface area (Å²) in [6.07, 6.45) is 6.55. The van der Waals surface area contributed by atoms with Crippen LogP contribution in [0, 0.1) is 0 Å². The fourth-order valence-electron chi connectivity index (χ4n) is 1.61. The van der Waals surface area contributed by atoms with Crippen LogP contribution in [0.5, 0.6) is 0 Å². The number of hydrogen-bond donors (Lipinski definition) is 3. The Kier molecular flexibility index (Phi) is 11.6. The van der Waals surface area contributed by atoms with E-state index in [0.717, 1.165) is 51.6 Å². The number of carbonyl (C=O) groups excluding carboxylic acids is 2. The Bertz CT molecular complexity index is 232. The zero-order valence-corrected chi connectivity index (χ0v) is 11.5. The van der Waals surface area contributed by atoms with Crippen molar-refractivity contribution in [3.8, 4) is 0 Å². The van der Waals surface area contributed by atoms with Crippen LogP contribution in [0.2, 0.25) is 0 Å². The summed E-state index contributed by atoms with van der Waals surface area (Å²) in [5.74, 6) is 0.154. The molecule has 0 spiro atoms. The van der Waals surface area contributed by atoms with E-state index in [1.54, 1.807) is 0 Å². The van der Waals surface area contributed by atoms with Crippen LogP contribution in [0.3, 0.4) is 0 Å². The number of rotatable bonds is 11. The first-order valence-corrected chi connectivity index (χ1v) is 6.88. The Labute approximate surface area is 110 Å². The first-order valence-electron chi connectivity index (χ1n) is 6.88. The summed E-state index contributed by atoms with van der Waals surface area (Å²) in [6.45, 7) is 3.68. The first kappa shape index (κ1) is 16.9. The average Bonchev–Trinajstić information content (AvgIpc) is 2.32. The summed E-state index contributed by atoms with van der Waals surface area (Å²) in [4.78, 5) is 21.9. The molecule has 0 fully saturated rings. The van der Waals surface area contributed by atoms with Gasteiger partial charge in [-0.1, -0.05) is 12.8 Å². The molecule has 0 saturated carbocycles. The van der Waals surface area contributed by atoms with Gasteiger partial charge in [-0.2, -0.15) is 0 Å². The van der Waals surface area contributed by atoms with Gasteiger partial charge in [0.2, 0.25) is 11.8 Å². The lowest BCUT2D eigenvalue weighted by molar-refractivity contribution is -0.121. The van der Waals surface area contributed by atoms with Crippen molar-refractivity contribution < 1.29 is 9.59 Å². The maximum Gasteiger partial charge on any atom is 0.219 e. The van der Waals surface area contributed by atoms with E-state index in [1.807, 2.05) is 0 Å². The van der Waals surface area contributed by atoms with E-state index >= 15 is 0 Å². The van der Waals surface area contributed by atoms with E-state index in [-0.39, 0.29) is 11.8 Å².